The summed E-state index contributed by atoms with van der Waals surface area (Å²) in [5.41, 5.74) is 8.36. The molecule has 2 heterocycles. The summed E-state index contributed by atoms with van der Waals surface area (Å²) in [6.07, 6.45) is 3.29. The van der Waals surface area contributed by atoms with E-state index in [1.165, 1.54) is 12.1 Å². The van der Waals surface area contributed by atoms with Crippen molar-refractivity contribution in [2.75, 3.05) is 5.73 Å². The zero-order valence-electron chi connectivity index (χ0n) is 10.2. The van der Waals surface area contributed by atoms with Crippen LogP contribution in [0.5, 0.6) is 0 Å². The summed E-state index contributed by atoms with van der Waals surface area (Å²) in [6, 6.07) is 8.10. The number of pyridine rings is 1. The second-order valence-corrected chi connectivity index (χ2v) is 5.08. The van der Waals surface area contributed by atoms with Gasteiger partial charge in [-0.3, -0.25) is 4.98 Å². The molecular weight excluding hydrogens is 325 g/mol. The van der Waals surface area contributed by atoms with Gasteiger partial charge in [-0.2, -0.15) is 0 Å². The number of halogens is 2. The Morgan fingerprint density at radius 2 is 1.85 bits per heavy atom. The molecule has 0 aliphatic rings. The SMILES string of the molecule is Nc1onc(-c2cc(F)cc(Br)c2)c1-c1ccncc1. The number of nitrogens with zero attached hydrogens (tertiary/aromatic N) is 2. The number of anilines is 1. The molecule has 0 saturated carbocycles. The highest BCUT2D eigenvalue weighted by atomic mass is 79.9. The van der Waals surface area contributed by atoms with Crippen LogP contribution >= 0.6 is 15.9 Å². The number of aromatic nitrogens is 2. The third-order valence-electron chi connectivity index (χ3n) is 2.82. The Morgan fingerprint density at radius 1 is 1.10 bits per heavy atom. The van der Waals surface area contributed by atoms with E-state index in [-0.39, 0.29) is 11.7 Å². The highest BCUT2D eigenvalue weighted by Crippen LogP contribution is 2.36. The van der Waals surface area contributed by atoms with Crippen molar-refractivity contribution in [2.24, 2.45) is 0 Å². The first kappa shape index (κ1) is 12.8. The third-order valence-corrected chi connectivity index (χ3v) is 3.28. The van der Waals surface area contributed by atoms with E-state index < -0.39 is 0 Å². The fourth-order valence-corrected chi connectivity index (χ4v) is 2.45. The van der Waals surface area contributed by atoms with Crippen molar-refractivity contribution in [1.29, 1.82) is 0 Å². The van der Waals surface area contributed by atoms with Crippen molar-refractivity contribution in [3.63, 3.8) is 0 Å². The maximum Gasteiger partial charge on any atom is 0.230 e. The van der Waals surface area contributed by atoms with E-state index in [2.05, 4.69) is 26.1 Å². The van der Waals surface area contributed by atoms with E-state index in [9.17, 15) is 4.39 Å². The molecule has 6 heteroatoms. The predicted molar refractivity (Wildman–Crippen MR) is 77.2 cm³/mol. The van der Waals surface area contributed by atoms with Crippen LogP contribution in [0.2, 0.25) is 0 Å². The van der Waals surface area contributed by atoms with Gasteiger partial charge in [-0.15, -0.1) is 0 Å². The van der Waals surface area contributed by atoms with Gasteiger partial charge in [0.1, 0.15) is 11.5 Å². The summed E-state index contributed by atoms with van der Waals surface area (Å²) in [7, 11) is 0. The molecule has 0 bridgehead atoms. The van der Waals surface area contributed by atoms with Crippen LogP contribution in [0, 0.1) is 5.82 Å². The molecule has 4 nitrogen and oxygen atoms in total. The summed E-state index contributed by atoms with van der Waals surface area (Å²) in [4.78, 5) is 3.96. The molecule has 2 aromatic heterocycles. The normalized spacial score (nSPS) is 10.7. The second-order valence-electron chi connectivity index (χ2n) is 4.16. The summed E-state index contributed by atoms with van der Waals surface area (Å²) in [6.45, 7) is 0. The lowest BCUT2D eigenvalue weighted by molar-refractivity contribution is 0.439. The van der Waals surface area contributed by atoms with Gasteiger partial charge in [0, 0.05) is 22.4 Å². The molecule has 0 atom stereocenters. The Labute approximate surface area is 122 Å². The molecule has 3 rings (SSSR count). The van der Waals surface area contributed by atoms with Gasteiger partial charge in [-0.1, -0.05) is 21.1 Å². The Balaban J connectivity index is 2.21. The largest absolute Gasteiger partial charge is 0.367 e. The average molecular weight is 334 g/mol. The molecule has 0 aliphatic carbocycles. The molecule has 3 aromatic rings. The smallest absolute Gasteiger partial charge is 0.230 e. The van der Waals surface area contributed by atoms with Gasteiger partial charge in [-0.25, -0.2) is 4.39 Å². The molecule has 1 aromatic carbocycles. The van der Waals surface area contributed by atoms with E-state index in [4.69, 9.17) is 10.3 Å². The third kappa shape index (κ3) is 2.30. The average Bonchev–Trinajstić information content (AvgIpc) is 2.80. The number of benzene rings is 1. The van der Waals surface area contributed by atoms with Crippen LogP contribution in [0.25, 0.3) is 22.4 Å². The first-order valence-corrected chi connectivity index (χ1v) is 6.56. The quantitative estimate of drug-likeness (QED) is 0.772. The van der Waals surface area contributed by atoms with Crippen LogP contribution in [-0.4, -0.2) is 10.1 Å². The molecular formula is C14H9BrFN3O. The number of nitrogens with two attached hydrogens (primary N) is 1. The Morgan fingerprint density at radius 3 is 2.55 bits per heavy atom. The molecule has 20 heavy (non-hydrogen) atoms. The molecule has 0 fully saturated rings. The van der Waals surface area contributed by atoms with Gasteiger partial charge < -0.3 is 10.3 Å². The topological polar surface area (TPSA) is 64.9 Å². The van der Waals surface area contributed by atoms with E-state index >= 15 is 0 Å². The van der Waals surface area contributed by atoms with Crippen LogP contribution in [0.4, 0.5) is 10.3 Å². The molecule has 0 spiro atoms. The Kier molecular flexibility index (Phi) is 3.23. The fourth-order valence-electron chi connectivity index (χ4n) is 1.99. The number of nitrogen functional groups attached to an aromatic ring is 1. The van der Waals surface area contributed by atoms with Crippen molar-refractivity contribution in [3.05, 3.63) is 53.0 Å². The zero-order chi connectivity index (χ0) is 14.1. The molecule has 0 radical (unpaired) electrons. The van der Waals surface area contributed by atoms with Gasteiger partial charge in [0.05, 0.1) is 5.56 Å². The lowest BCUT2D eigenvalue weighted by atomic mass is 10.0. The van der Waals surface area contributed by atoms with Crippen LogP contribution < -0.4 is 5.73 Å². The minimum Gasteiger partial charge on any atom is -0.367 e. The van der Waals surface area contributed by atoms with Crippen LogP contribution in [0.15, 0.2) is 51.7 Å². The van der Waals surface area contributed by atoms with E-state index in [1.807, 2.05) is 0 Å². The summed E-state index contributed by atoms with van der Waals surface area (Å²) in [5, 5.41) is 3.94. The predicted octanol–water partition coefficient (Wildman–Crippen LogP) is 3.89. The molecule has 0 unspecified atom stereocenters. The van der Waals surface area contributed by atoms with Crippen molar-refractivity contribution >= 4 is 21.8 Å². The first-order chi connectivity index (χ1) is 9.65. The molecule has 0 saturated heterocycles. The highest BCUT2D eigenvalue weighted by Gasteiger charge is 2.18. The van der Waals surface area contributed by atoms with Crippen molar-refractivity contribution in [1.82, 2.24) is 10.1 Å². The van der Waals surface area contributed by atoms with Crippen molar-refractivity contribution in [3.8, 4) is 22.4 Å². The second kappa shape index (κ2) is 5.05. The monoisotopic (exact) mass is 333 g/mol. The standard InChI is InChI=1S/C14H9BrFN3O/c15-10-5-9(6-11(16)7-10)13-12(14(17)20-19-13)8-1-3-18-4-2-8/h1-7H,17H2. The molecule has 0 amide bonds. The lowest BCUT2D eigenvalue weighted by Crippen LogP contribution is -1.89. The van der Waals surface area contributed by atoms with Crippen LogP contribution in [0.3, 0.4) is 0 Å². The van der Waals surface area contributed by atoms with Gasteiger partial charge in [-0.05, 0) is 35.9 Å². The maximum absolute atomic E-state index is 13.5. The van der Waals surface area contributed by atoms with Crippen LogP contribution in [-0.2, 0) is 0 Å². The minimum atomic E-state index is -0.364. The van der Waals surface area contributed by atoms with Crippen molar-refractivity contribution < 1.29 is 8.91 Å². The van der Waals surface area contributed by atoms with Crippen LogP contribution in [0.1, 0.15) is 0 Å². The zero-order valence-corrected chi connectivity index (χ0v) is 11.8. The van der Waals surface area contributed by atoms with Crippen molar-refractivity contribution in [2.45, 2.75) is 0 Å². The summed E-state index contributed by atoms with van der Waals surface area (Å²) in [5.74, 6) is -0.178. The van der Waals surface area contributed by atoms with Gasteiger partial charge in [0.15, 0.2) is 0 Å². The first-order valence-electron chi connectivity index (χ1n) is 5.77. The number of hydrogen-bond acceptors (Lipinski definition) is 4. The van der Waals surface area contributed by atoms with Gasteiger partial charge in [0.25, 0.3) is 0 Å². The minimum absolute atomic E-state index is 0.187. The number of hydrogen-bond donors (Lipinski definition) is 1. The summed E-state index contributed by atoms with van der Waals surface area (Å²) >= 11 is 3.26. The Bertz CT molecular complexity index is 738. The van der Waals surface area contributed by atoms with E-state index in [1.54, 1.807) is 30.6 Å². The summed E-state index contributed by atoms with van der Waals surface area (Å²) < 4.78 is 19.2. The molecule has 0 aliphatic heterocycles. The Hall–Kier alpha value is -2.21. The van der Waals surface area contributed by atoms with Gasteiger partial charge in [0.2, 0.25) is 5.88 Å². The van der Waals surface area contributed by atoms with Gasteiger partial charge >= 0.3 is 0 Å². The molecule has 100 valence electrons. The maximum atomic E-state index is 13.5. The fraction of sp³-hybridized carbons (Fsp3) is 0. The van der Waals surface area contributed by atoms with E-state index in [0.29, 0.717) is 21.3 Å². The number of rotatable bonds is 2. The highest BCUT2D eigenvalue weighted by molar-refractivity contribution is 9.10. The molecule has 2 N–H and O–H groups in total. The van der Waals surface area contributed by atoms with E-state index in [0.717, 1.165) is 5.56 Å². The lowest BCUT2D eigenvalue weighted by Gasteiger charge is -2.03.